The topological polar surface area (TPSA) is 122 Å². The molecule has 1 aromatic carbocycles. The number of ether oxygens (including phenoxy) is 1. The van der Waals surface area contributed by atoms with E-state index in [-0.39, 0.29) is 24.3 Å². The van der Waals surface area contributed by atoms with Gasteiger partial charge in [-0.25, -0.2) is 26.9 Å². The Hall–Kier alpha value is -2.86. The van der Waals surface area contributed by atoms with E-state index in [0.29, 0.717) is 22.9 Å². The van der Waals surface area contributed by atoms with Crippen LogP contribution in [-0.2, 0) is 10.0 Å². The van der Waals surface area contributed by atoms with Crippen molar-refractivity contribution in [1.29, 1.82) is 0 Å². The maximum absolute atomic E-state index is 13.7. The second kappa shape index (κ2) is 7.40. The number of halogens is 2. The normalized spacial score (nSPS) is 12.9. The first-order chi connectivity index (χ1) is 12.7. The number of fused-ring (bicyclic) bond motifs is 1. The summed E-state index contributed by atoms with van der Waals surface area (Å²) in [6.07, 6.45) is 2.49. The van der Waals surface area contributed by atoms with Crippen LogP contribution in [0.3, 0.4) is 0 Å². The first-order valence-corrected chi connectivity index (χ1v) is 9.65. The Balaban J connectivity index is 1.74. The Morgan fingerprint density at radius 2 is 2.11 bits per heavy atom. The van der Waals surface area contributed by atoms with E-state index in [2.05, 4.69) is 30.2 Å². The minimum atomic E-state index is -3.30. The third-order valence-corrected chi connectivity index (χ3v) is 4.12. The molecule has 0 spiro atoms. The van der Waals surface area contributed by atoms with E-state index < -0.39 is 21.7 Å². The zero-order chi connectivity index (χ0) is 19.6. The van der Waals surface area contributed by atoms with E-state index >= 15 is 0 Å². The fraction of sp³-hybridized carbons (Fsp3) is 0.267. The van der Waals surface area contributed by atoms with Crippen LogP contribution in [0.4, 0.5) is 14.6 Å². The Morgan fingerprint density at radius 3 is 2.81 bits per heavy atom. The minimum Gasteiger partial charge on any atom is -0.421 e. The smallest absolute Gasteiger partial charge is 0.324 e. The maximum atomic E-state index is 13.7. The number of rotatable bonds is 7. The zero-order valence-electron chi connectivity index (χ0n) is 14.3. The number of aromatic nitrogens is 4. The highest BCUT2D eigenvalue weighted by Crippen LogP contribution is 2.25. The van der Waals surface area contributed by atoms with E-state index in [0.717, 1.165) is 18.4 Å². The second-order valence-electron chi connectivity index (χ2n) is 5.83. The molecule has 0 aliphatic heterocycles. The van der Waals surface area contributed by atoms with Crippen molar-refractivity contribution in [3.63, 3.8) is 0 Å². The molecule has 3 aromatic rings. The van der Waals surface area contributed by atoms with Crippen molar-refractivity contribution in [2.24, 2.45) is 0 Å². The van der Waals surface area contributed by atoms with Gasteiger partial charge in [0.15, 0.2) is 23.0 Å². The van der Waals surface area contributed by atoms with Gasteiger partial charge in [0.2, 0.25) is 10.0 Å². The second-order valence-corrected chi connectivity index (χ2v) is 7.66. The Bertz CT molecular complexity index is 1070. The van der Waals surface area contributed by atoms with Gasteiger partial charge in [-0.1, -0.05) is 0 Å². The van der Waals surface area contributed by atoms with Gasteiger partial charge in [-0.3, -0.25) is 5.10 Å². The van der Waals surface area contributed by atoms with Crippen molar-refractivity contribution in [2.45, 2.75) is 13.0 Å². The highest BCUT2D eigenvalue weighted by molar-refractivity contribution is 7.88. The summed E-state index contributed by atoms with van der Waals surface area (Å²) in [5.74, 6) is -1.39. The highest BCUT2D eigenvalue weighted by Gasteiger charge is 2.14. The lowest BCUT2D eigenvalue weighted by atomic mass is 10.3. The fourth-order valence-corrected chi connectivity index (χ4v) is 2.72. The molecule has 1 atom stereocenters. The van der Waals surface area contributed by atoms with Crippen LogP contribution in [0.1, 0.15) is 6.92 Å². The van der Waals surface area contributed by atoms with Crippen LogP contribution in [0.25, 0.3) is 11.0 Å². The number of anilines is 1. The van der Waals surface area contributed by atoms with Crippen molar-refractivity contribution >= 4 is 26.9 Å². The lowest BCUT2D eigenvalue weighted by Crippen LogP contribution is -2.34. The molecule has 3 rings (SSSR count). The molecule has 0 saturated heterocycles. The monoisotopic (exact) mass is 398 g/mol. The molecule has 2 heterocycles. The lowest BCUT2D eigenvalue weighted by molar-refractivity contribution is 0.409. The molecule has 0 fully saturated rings. The largest absolute Gasteiger partial charge is 0.421 e. The van der Waals surface area contributed by atoms with E-state index in [1.165, 1.54) is 6.20 Å². The van der Waals surface area contributed by atoms with Gasteiger partial charge in [-0.2, -0.15) is 10.1 Å². The van der Waals surface area contributed by atoms with Gasteiger partial charge in [-0.05, 0) is 19.1 Å². The average molecular weight is 398 g/mol. The Labute approximate surface area is 153 Å². The summed E-state index contributed by atoms with van der Waals surface area (Å²) in [7, 11) is -3.30. The van der Waals surface area contributed by atoms with E-state index in [4.69, 9.17) is 4.74 Å². The SMILES string of the molecule is C[C@H](CNS(C)(=O)=O)Nc1n[nH]c2nc(Oc3ccc(F)cc3F)ncc12. The van der Waals surface area contributed by atoms with Gasteiger partial charge in [0.1, 0.15) is 5.82 Å². The Morgan fingerprint density at radius 1 is 1.33 bits per heavy atom. The number of hydrogen-bond donors (Lipinski definition) is 3. The van der Waals surface area contributed by atoms with Crippen LogP contribution in [0.15, 0.2) is 24.4 Å². The molecular weight excluding hydrogens is 382 g/mol. The molecule has 0 amide bonds. The van der Waals surface area contributed by atoms with Crippen molar-refractivity contribution in [3.05, 3.63) is 36.0 Å². The third-order valence-electron chi connectivity index (χ3n) is 3.43. The number of nitrogens with one attached hydrogen (secondary N) is 3. The molecule has 2 aromatic heterocycles. The summed E-state index contributed by atoms with van der Waals surface area (Å²) < 4.78 is 56.5. The van der Waals surface area contributed by atoms with Gasteiger partial charge in [0, 0.05) is 24.8 Å². The van der Waals surface area contributed by atoms with Crippen LogP contribution in [0, 0.1) is 11.6 Å². The van der Waals surface area contributed by atoms with Crippen LogP contribution in [0.2, 0.25) is 0 Å². The average Bonchev–Trinajstić information content (AvgIpc) is 2.97. The molecule has 144 valence electrons. The first-order valence-electron chi connectivity index (χ1n) is 7.76. The van der Waals surface area contributed by atoms with Crippen LogP contribution in [0.5, 0.6) is 11.8 Å². The number of nitrogens with zero attached hydrogens (tertiary/aromatic N) is 3. The minimum absolute atomic E-state index is 0.144. The van der Waals surface area contributed by atoms with Crippen molar-refractivity contribution in [3.8, 4) is 11.8 Å². The fourth-order valence-electron chi connectivity index (χ4n) is 2.17. The van der Waals surface area contributed by atoms with E-state index in [1.54, 1.807) is 6.92 Å². The highest BCUT2D eigenvalue weighted by atomic mass is 32.2. The first kappa shape index (κ1) is 18.9. The van der Waals surface area contributed by atoms with Crippen LogP contribution in [-0.4, -0.2) is 47.4 Å². The predicted octanol–water partition coefficient (Wildman–Crippen LogP) is 1.77. The predicted molar refractivity (Wildman–Crippen MR) is 94.0 cm³/mol. The number of benzene rings is 1. The quantitative estimate of drug-likeness (QED) is 0.554. The molecule has 0 aliphatic carbocycles. The summed E-state index contributed by atoms with van der Waals surface area (Å²) in [5, 5.41) is 10.3. The van der Waals surface area contributed by atoms with Gasteiger partial charge in [-0.15, -0.1) is 0 Å². The number of hydrogen-bond acceptors (Lipinski definition) is 7. The number of H-pyrrole nitrogens is 1. The molecule has 0 bridgehead atoms. The van der Waals surface area contributed by atoms with Crippen molar-refractivity contribution < 1.29 is 21.9 Å². The van der Waals surface area contributed by atoms with E-state index in [1.807, 2.05) is 0 Å². The standard InChI is InChI=1S/C15H16F2N6O3S/c1-8(6-19-27(2,24)25)20-13-10-7-18-15(21-14(10)23-22-13)26-12-4-3-9(16)5-11(12)17/h3-5,7-8,19H,6H2,1-2H3,(H2,18,20,21,22,23)/t8-/m1/s1. The molecule has 0 unspecified atom stereocenters. The summed E-state index contributed by atoms with van der Waals surface area (Å²) in [6.45, 7) is 1.94. The maximum Gasteiger partial charge on any atom is 0.324 e. The summed E-state index contributed by atoms with van der Waals surface area (Å²) >= 11 is 0. The molecule has 0 saturated carbocycles. The molecule has 0 aliphatic rings. The van der Waals surface area contributed by atoms with Crippen molar-refractivity contribution in [1.82, 2.24) is 24.9 Å². The van der Waals surface area contributed by atoms with Gasteiger partial charge in [0.25, 0.3) is 0 Å². The third kappa shape index (κ3) is 4.86. The molecule has 3 N–H and O–H groups in total. The van der Waals surface area contributed by atoms with Crippen LogP contribution < -0.4 is 14.8 Å². The zero-order valence-corrected chi connectivity index (χ0v) is 15.1. The summed E-state index contributed by atoms with van der Waals surface area (Å²) in [4.78, 5) is 8.07. The Kier molecular flexibility index (Phi) is 5.19. The van der Waals surface area contributed by atoms with Crippen molar-refractivity contribution in [2.75, 3.05) is 18.1 Å². The van der Waals surface area contributed by atoms with E-state index in [9.17, 15) is 17.2 Å². The number of aromatic amines is 1. The van der Waals surface area contributed by atoms with Gasteiger partial charge in [0.05, 0.1) is 11.6 Å². The lowest BCUT2D eigenvalue weighted by Gasteiger charge is -2.13. The molecule has 0 radical (unpaired) electrons. The molecule has 9 nitrogen and oxygen atoms in total. The molecule has 27 heavy (non-hydrogen) atoms. The summed E-state index contributed by atoms with van der Waals surface area (Å²) in [5.41, 5.74) is 0.327. The van der Waals surface area contributed by atoms with Gasteiger partial charge >= 0.3 is 6.01 Å². The summed E-state index contributed by atoms with van der Waals surface area (Å²) in [6, 6.07) is 2.48. The number of sulfonamides is 1. The van der Waals surface area contributed by atoms with Gasteiger partial charge < -0.3 is 10.1 Å². The molecular formula is C15H16F2N6O3S. The molecule has 12 heteroatoms. The van der Waals surface area contributed by atoms with Crippen LogP contribution >= 0.6 is 0 Å².